The number of hydrogen-bond donors (Lipinski definition) is 3. The van der Waals surface area contributed by atoms with Crippen molar-refractivity contribution in [3.8, 4) is 0 Å². The van der Waals surface area contributed by atoms with Crippen LogP contribution in [0.2, 0.25) is 0 Å². The smallest absolute Gasteiger partial charge is 0.263 e. The lowest BCUT2D eigenvalue weighted by Gasteiger charge is -2.11. The maximum absolute atomic E-state index is 12.7. The summed E-state index contributed by atoms with van der Waals surface area (Å²) in [6.45, 7) is 0. The topological polar surface area (TPSA) is 109 Å². The Morgan fingerprint density at radius 1 is 0.833 bits per heavy atom. The average Bonchev–Trinajstić information content (AvgIpc) is 2.74. The Morgan fingerprint density at radius 2 is 1.57 bits per heavy atom. The predicted molar refractivity (Wildman–Crippen MR) is 121 cm³/mol. The zero-order valence-electron chi connectivity index (χ0n) is 15.5. The van der Waals surface area contributed by atoms with Crippen LogP contribution in [0.15, 0.2) is 84.1 Å². The number of sulfonamides is 1. The quantitative estimate of drug-likeness (QED) is 0.407. The van der Waals surface area contributed by atoms with Crippen LogP contribution in [0.1, 0.15) is 0 Å². The molecule has 30 heavy (non-hydrogen) atoms. The van der Waals surface area contributed by atoms with Crippen LogP contribution in [0.3, 0.4) is 0 Å². The van der Waals surface area contributed by atoms with Crippen LogP contribution in [0.5, 0.6) is 0 Å². The molecule has 0 aliphatic heterocycles. The monoisotopic (exact) mass is 436 g/mol. The molecule has 8 nitrogen and oxygen atoms in total. The second-order valence-electron chi connectivity index (χ2n) is 6.19. The number of aromatic nitrogens is 3. The average molecular weight is 437 g/mol. The Bertz CT molecular complexity index is 1300. The van der Waals surface area contributed by atoms with E-state index < -0.39 is 10.0 Å². The van der Waals surface area contributed by atoms with Crippen molar-refractivity contribution in [2.24, 2.45) is 0 Å². The van der Waals surface area contributed by atoms with Gasteiger partial charge in [0.1, 0.15) is 0 Å². The molecule has 2 aromatic carbocycles. The molecule has 0 fully saturated rings. The molecule has 0 bridgehead atoms. The fourth-order valence-corrected chi connectivity index (χ4v) is 3.87. The van der Waals surface area contributed by atoms with Gasteiger partial charge in [0.05, 0.1) is 34.0 Å². The first kappa shape index (κ1) is 19.7. The van der Waals surface area contributed by atoms with E-state index in [1.54, 1.807) is 42.7 Å². The van der Waals surface area contributed by atoms with Crippen molar-refractivity contribution in [2.45, 2.75) is 4.90 Å². The molecule has 0 aliphatic rings. The standard InChI is InChI=1S/C20H16N6O2S2/c27-30(28,26-19-13-22-17-5-1-2-6-18(17)25-19)16-9-7-14(8-10-16)23-20(29)24-15-4-3-11-21-12-15/h1-13H,(H,25,26)(H2,23,24,29). The van der Waals surface area contributed by atoms with Gasteiger partial charge in [-0.05, 0) is 60.7 Å². The van der Waals surface area contributed by atoms with E-state index in [0.717, 1.165) is 5.69 Å². The summed E-state index contributed by atoms with van der Waals surface area (Å²) in [6, 6.07) is 17.1. The molecule has 0 aliphatic carbocycles. The summed E-state index contributed by atoms with van der Waals surface area (Å²) < 4.78 is 27.8. The number of thiocarbonyl (C=S) groups is 1. The Kier molecular flexibility index (Phi) is 5.50. The Balaban J connectivity index is 1.44. The van der Waals surface area contributed by atoms with Gasteiger partial charge in [0.15, 0.2) is 10.9 Å². The summed E-state index contributed by atoms with van der Waals surface area (Å²) in [5.74, 6) is 0.151. The molecule has 3 N–H and O–H groups in total. The van der Waals surface area contributed by atoms with Gasteiger partial charge in [-0.2, -0.15) is 0 Å². The molecule has 10 heteroatoms. The molecule has 2 aromatic heterocycles. The minimum Gasteiger partial charge on any atom is -0.332 e. The van der Waals surface area contributed by atoms with Gasteiger partial charge in [0.25, 0.3) is 10.0 Å². The van der Waals surface area contributed by atoms with Crippen molar-refractivity contribution in [3.05, 3.63) is 79.3 Å². The summed E-state index contributed by atoms with van der Waals surface area (Å²) in [5, 5.41) is 6.35. The van der Waals surface area contributed by atoms with E-state index in [9.17, 15) is 8.42 Å². The maximum Gasteiger partial charge on any atom is 0.263 e. The highest BCUT2D eigenvalue weighted by Gasteiger charge is 2.15. The zero-order chi connectivity index (χ0) is 21.0. The first-order chi connectivity index (χ1) is 14.5. The van der Waals surface area contributed by atoms with Crippen molar-refractivity contribution in [3.63, 3.8) is 0 Å². The van der Waals surface area contributed by atoms with Gasteiger partial charge in [-0.25, -0.2) is 13.4 Å². The molecule has 0 amide bonds. The van der Waals surface area contributed by atoms with E-state index in [0.29, 0.717) is 21.8 Å². The molecule has 0 unspecified atom stereocenters. The summed E-state index contributed by atoms with van der Waals surface area (Å²) in [5.41, 5.74) is 2.68. The molecule has 0 radical (unpaired) electrons. The number of benzene rings is 2. The molecular weight excluding hydrogens is 420 g/mol. The third kappa shape index (κ3) is 4.67. The van der Waals surface area contributed by atoms with Gasteiger partial charge in [-0.15, -0.1) is 0 Å². The Labute approximate surface area is 178 Å². The van der Waals surface area contributed by atoms with E-state index in [1.165, 1.54) is 18.3 Å². The molecule has 150 valence electrons. The van der Waals surface area contributed by atoms with Crippen LogP contribution in [0.4, 0.5) is 17.2 Å². The fraction of sp³-hybridized carbons (Fsp3) is 0. The maximum atomic E-state index is 12.7. The predicted octanol–water partition coefficient (Wildman–Crippen LogP) is 3.63. The minimum absolute atomic E-state index is 0.0918. The molecule has 0 spiro atoms. The minimum atomic E-state index is -3.81. The summed E-state index contributed by atoms with van der Waals surface area (Å²) in [7, 11) is -3.81. The number of rotatable bonds is 5. The lowest BCUT2D eigenvalue weighted by atomic mass is 10.3. The first-order valence-corrected chi connectivity index (χ1v) is 10.7. The number of anilines is 3. The zero-order valence-corrected chi connectivity index (χ0v) is 17.1. The number of fused-ring (bicyclic) bond motifs is 1. The van der Waals surface area contributed by atoms with E-state index in [4.69, 9.17) is 12.2 Å². The largest absolute Gasteiger partial charge is 0.332 e. The molecule has 0 atom stereocenters. The van der Waals surface area contributed by atoms with Gasteiger partial charge < -0.3 is 10.6 Å². The third-order valence-corrected chi connectivity index (χ3v) is 5.60. The number of para-hydroxylation sites is 2. The highest BCUT2D eigenvalue weighted by atomic mass is 32.2. The van der Waals surface area contributed by atoms with Gasteiger partial charge in [-0.3, -0.25) is 14.7 Å². The van der Waals surface area contributed by atoms with Crippen LogP contribution in [0.25, 0.3) is 11.0 Å². The molecule has 0 saturated carbocycles. The molecule has 0 saturated heterocycles. The van der Waals surface area contributed by atoms with E-state index in [1.807, 2.05) is 18.2 Å². The fourth-order valence-electron chi connectivity index (χ4n) is 2.65. The van der Waals surface area contributed by atoms with Crippen molar-refractivity contribution in [1.82, 2.24) is 15.0 Å². The number of hydrogen-bond acceptors (Lipinski definition) is 6. The Hall–Kier alpha value is -3.63. The van der Waals surface area contributed by atoms with Crippen molar-refractivity contribution in [1.29, 1.82) is 0 Å². The lowest BCUT2D eigenvalue weighted by Crippen LogP contribution is -2.19. The van der Waals surface area contributed by atoms with Crippen LogP contribution in [0, 0.1) is 0 Å². The third-order valence-electron chi connectivity index (χ3n) is 4.03. The number of pyridine rings is 1. The molecule has 4 aromatic rings. The second-order valence-corrected chi connectivity index (χ2v) is 8.29. The second kappa shape index (κ2) is 8.39. The van der Waals surface area contributed by atoms with E-state index in [-0.39, 0.29) is 10.7 Å². The number of nitrogens with zero attached hydrogens (tertiary/aromatic N) is 3. The van der Waals surface area contributed by atoms with Crippen LogP contribution >= 0.6 is 12.2 Å². The summed E-state index contributed by atoms with van der Waals surface area (Å²) in [4.78, 5) is 12.6. The summed E-state index contributed by atoms with van der Waals surface area (Å²) >= 11 is 5.25. The summed E-state index contributed by atoms with van der Waals surface area (Å²) in [6.07, 6.45) is 4.70. The van der Waals surface area contributed by atoms with Crippen molar-refractivity contribution >= 4 is 55.6 Å². The normalized spacial score (nSPS) is 11.1. The van der Waals surface area contributed by atoms with E-state index in [2.05, 4.69) is 30.3 Å². The molecule has 4 rings (SSSR count). The van der Waals surface area contributed by atoms with E-state index >= 15 is 0 Å². The molecular formula is C20H16N6O2S2. The number of nitrogens with one attached hydrogen (secondary N) is 3. The van der Waals surface area contributed by atoms with Crippen LogP contribution in [-0.4, -0.2) is 28.5 Å². The van der Waals surface area contributed by atoms with Crippen molar-refractivity contribution < 1.29 is 8.42 Å². The SMILES string of the molecule is O=S(=O)(Nc1cnc2ccccc2n1)c1ccc(NC(=S)Nc2cccnc2)cc1. The lowest BCUT2D eigenvalue weighted by molar-refractivity contribution is 0.601. The van der Waals surface area contributed by atoms with Crippen molar-refractivity contribution in [2.75, 3.05) is 15.4 Å². The Morgan fingerprint density at radius 3 is 2.30 bits per heavy atom. The van der Waals surface area contributed by atoms with Crippen LogP contribution < -0.4 is 15.4 Å². The van der Waals surface area contributed by atoms with Crippen LogP contribution in [-0.2, 0) is 10.0 Å². The van der Waals surface area contributed by atoms with Gasteiger partial charge >= 0.3 is 0 Å². The first-order valence-electron chi connectivity index (χ1n) is 8.82. The highest BCUT2D eigenvalue weighted by Crippen LogP contribution is 2.19. The molecule has 2 heterocycles. The van der Waals surface area contributed by atoms with Gasteiger partial charge in [0.2, 0.25) is 0 Å². The van der Waals surface area contributed by atoms with Gasteiger partial charge in [-0.1, -0.05) is 12.1 Å². The highest BCUT2D eigenvalue weighted by molar-refractivity contribution is 7.92. The van der Waals surface area contributed by atoms with Gasteiger partial charge in [0, 0.05) is 11.9 Å².